The second kappa shape index (κ2) is 10.7. The summed E-state index contributed by atoms with van der Waals surface area (Å²) in [7, 11) is -3.19. The van der Waals surface area contributed by atoms with Crippen LogP contribution in [0, 0.1) is 6.92 Å². The van der Waals surface area contributed by atoms with Crippen LogP contribution in [0.25, 0.3) is 0 Å². The fraction of sp³-hybridized carbons (Fsp3) is 0.381. The predicted molar refractivity (Wildman–Crippen MR) is 117 cm³/mol. The third-order valence-corrected chi connectivity index (χ3v) is 5.41. The lowest BCUT2D eigenvalue weighted by Crippen LogP contribution is -2.38. The molecule has 152 valence electrons. The molecule has 0 fully saturated rings. The van der Waals surface area contributed by atoms with Crippen molar-refractivity contribution in [1.82, 2.24) is 10.6 Å². The number of sulfone groups is 1. The van der Waals surface area contributed by atoms with Crippen LogP contribution in [-0.4, -0.2) is 40.3 Å². The molecule has 2 rings (SSSR count). The van der Waals surface area contributed by atoms with Crippen LogP contribution in [0.2, 0.25) is 0 Å². The van der Waals surface area contributed by atoms with Gasteiger partial charge in [0.15, 0.2) is 15.8 Å². The van der Waals surface area contributed by atoms with Gasteiger partial charge in [-0.15, -0.1) is 0 Å². The lowest BCUT2D eigenvalue weighted by atomic mass is 10.1. The Kier molecular flexibility index (Phi) is 8.32. The number of aryl methyl sites for hydroxylation is 1. The van der Waals surface area contributed by atoms with Crippen molar-refractivity contribution in [3.63, 3.8) is 0 Å². The molecule has 0 aliphatic rings. The minimum Gasteiger partial charge on any atom is -0.385 e. The largest absolute Gasteiger partial charge is 0.385 e. The normalized spacial score (nSPS) is 11.9. The average molecular weight is 403 g/mol. The fourth-order valence-corrected chi connectivity index (χ4v) is 3.78. The van der Waals surface area contributed by atoms with Crippen LogP contribution in [0.15, 0.2) is 58.4 Å². The van der Waals surface area contributed by atoms with E-state index in [-0.39, 0.29) is 0 Å². The van der Waals surface area contributed by atoms with E-state index in [9.17, 15) is 8.42 Å². The van der Waals surface area contributed by atoms with E-state index in [1.165, 1.54) is 6.26 Å². The highest BCUT2D eigenvalue weighted by Crippen LogP contribution is 2.17. The number of anilines is 1. The number of hydrogen-bond acceptors (Lipinski definition) is 4. The molecule has 6 nitrogen and oxygen atoms in total. The molecule has 0 radical (unpaired) electrons. The van der Waals surface area contributed by atoms with Crippen LogP contribution < -0.4 is 16.0 Å². The molecule has 2 aromatic carbocycles. The SMILES string of the molecule is CCNC(=NCc1ccc(S(C)(=O)=O)c(C)c1)NCCCNc1ccccc1. The zero-order valence-corrected chi connectivity index (χ0v) is 17.6. The zero-order chi connectivity index (χ0) is 20.4. The van der Waals surface area contributed by atoms with Gasteiger partial charge in [0.25, 0.3) is 0 Å². The summed E-state index contributed by atoms with van der Waals surface area (Å²) in [6.45, 7) is 6.79. The number of nitrogens with one attached hydrogen (secondary N) is 3. The van der Waals surface area contributed by atoms with Crippen molar-refractivity contribution >= 4 is 21.5 Å². The maximum Gasteiger partial charge on any atom is 0.191 e. The average Bonchev–Trinajstić information content (AvgIpc) is 2.65. The summed E-state index contributed by atoms with van der Waals surface area (Å²) < 4.78 is 23.5. The third-order valence-electron chi connectivity index (χ3n) is 4.15. The van der Waals surface area contributed by atoms with Crippen LogP contribution in [0.3, 0.4) is 0 Å². The lowest BCUT2D eigenvalue weighted by molar-refractivity contribution is 0.601. The fourth-order valence-electron chi connectivity index (χ4n) is 2.82. The predicted octanol–water partition coefficient (Wildman–Crippen LogP) is 2.96. The Morgan fingerprint density at radius 1 is 1.04 bits per heavy atom. The Labute approximate surface area is 168 Å². The van der Waals surface area contributed by atoms with E-state index in [0.717, 1.165) is 48.8 Å². The van der Waals surface area contributed by atoms with E-state index in [0.29, 0.717) is 11.4 Å². The molecule has 0 amide bonds. The Hall–Kier alpha value is -2.54. The molecule has 0 unspecified atom stereocenters. The van der Waals surface area contributed by atoms with Crippen molar-refractivity contribution < 1.29 is 8.42 Å². The first-order valence-corrected chi connectivity index (χ1v) is 11.4. The van der Waals surface area contributed by atoms with E-state index in [1.807, 2.05) is 44.2 Å². The standard InChI is InChI=1S/C21H30N4O2S/c1-4-22-21(24-14-8-13-23-19-9-6-5-7-10-19)25-16-18-11-12-20(17(2)15-18)28(3,26)27/h5-7,9-12,15,23H,4,8,13-14,16H2,1-3H3,(H2,22,24,25). The van der Waals surface area contributed by atoms with Crippen LogP contribution in [0.5, 0.6) is 0 Å². The number of para-hydroxylation sites is 1. The summed E-state index contributed by atoms with van der Waals surface area (Å²) in [5.74, 6) is 0.757. The Balaban J connectivity index is 1.85. The molecular weight excluding hydrogens is 372 g/mol. The molecule has 0 heterocycles. The molecule has 28 heavy (non-hydrogen) atoms. The van der Waals surface area contributed by atoms with Crippen LogP contribution >= 0.6 is 0 Å². The van der Waals surface area contributed by atoms with E-state index in [4.69, 9.17) is 0 Å². The summed E-state index contributed by atoms with van der Waals surface area (Å²) in [6.07, 6.45) is 2.19. The van der Waals surface area contributed by atoms with Crippen molar-refractivity contribution in [1.29, 1.82) is 0 Å². The molecule has 7 heteroatoms. The number of nitrogens with zero attached hydrogens (tertiary/aromatic N) is 1. The van der Waals surface area contributed by atoms with E-state index in [1.54, 1.807) is 6.07 Å². The van der Waals surface area contributed by atoms with E-state index in [2.05, 4.69) is 33.1 Å². The zero-order valence-electron chi connectivity index (χ0n) is 16.8. The van der Waals surface area contributed by atoms with Gasteiger partial charge in [0.1, 0.15) is 0 Å². The Morgan fingerprint density at radius 3 is 2.43 bits per heavy atom. The van der Waals surface area contributed by atoms with E-state index < -0.39 is 9.84 Å². The minimum absolute atomic E-state index is 0.371. The molecule has 0 saturated carbocycles. The number of benzene rings is 2. The highest BCUT2D eigenvalue weighted by molar-refractivity contribution is 7.90. The lowest BCUT2D eigenvalue weighted by Gasteiger charge is -2.12. The van der Waals surface area contributed by atoms with Gasteiger partial charge in [0, 0.05) is 31.6 Å². The van der Waals surface area contributed by atoms with Crippen molar-refractivity contribution in [2.24, 2.45) is 4.99 Å². The molecule has 0 atom stereocenters. The Bertz CT molecular complexity index is 881. The molecular formula is C21H30N4O2S. The molecule has 0 saturated heterocycles. The van der Waals surface area contributed by atoms with Crippen molar-refractivity contribution in [2.75, 3.05) is 31.2 Å². The van der Waals surface area contributed by atoms with Crippen molar-refractivity contribution in [2.45, 2.75) is 31.7 Å². The summed E-state index contributed by atoms with van der Waals surface area (Å²) >= 11 is 0. The maximum absolute atomic E-state index is 11.7. The molecule has 0 aliphatic heterocycles. The van der Waals surface area contributed by atoms with Gasteiger partial charge >= 0.3 is 0 Å². The third kappa shape index (κ3) is 7.23. The van der Waals surface area contributed by atoms with Gasteiger partial charge in [-0.2, -0.15) is 0 Å². The summed E-state index contributed by atoms with van der Waals surface area (Å²) in [5, 5.41) is 9.95. The Morgan fingerprint density at radius 2 is 1.79 bits per heavy atom. The molecule has 0 aromatic heterocycles. The highest BCUT2D eigenvalue weighted by atomic mass is 32.2. The summed E-state index contributed by atoms with van der Waals surface area (Å²) in [6, 6.07) is 15.5. The van der Waals surface area contributed by atoms with Crippen molar-refractivity contribution in [3.8, 4) is 0 Å². The summed E-state index contributed by atoms with van der Waals surface area (Å²) in [4.78, 5) is 4.97. The topological polar surface area (TPSA) is 82.6 Å². The van der Waals surface area contributed by atoms with Gasteiger partial charge in [-0.1, -0.05) is 30.3 Å². The quantitative estimate of drug-likeness (QED) is 0.341. The van der Waals surface area contributed by atoms with Crippen molar-refractivity contribution in [3.05, 3.63) is 59.7 Å². The first-order valence-electron chi connectivity index (χ1n) is 9.51. The number of rotatable bonds is 9. The molecule has 3 N–H and O–H groups in total. The molecule has 2 aromatic rings. The second-order valence-electron chi connectivity index (χ2n) is 6.64. The first kappa shape index (κ1) is 21.8. The monoisotopic (exact) mass is 402 g/mol. The molecule has 0 aliphatic carbocycles. The van der Waals surface area contributed by atoms with Gasteiger partial charge in [0.2, 0.25) is 0 Å². The van der Waals surface area contributed by atoms with Gasteiger partial charge < -0.3 is 16.0 Å². The van der Waals surface area contributed by atoms with Gasteiger partial charge in [-0.25, -0.2) is 13.4 Å². The van der Waals surface area contributed by atoms with E-state index >= 15 is 0 Å². The number of hydrogen-bond donors (Lipinski definition) is 3. The number of guanidine groups is 1. The molecule has 0 bridgehead atoms. The minimum atomic E-state index is -3.19. The molecule has 0 spiro atoms. The number of aliphatic imine (C=N–C) groups is 1. The summed E-state index contributed by atoms with van der Waals surface area (Å²) in [5.41, 5.74) is 2.85. The smallest absolute Gasteiger partial charge is 0.191 e. The van der Waals surface area contributed by atoms with Gasteiger partial charge in [-0.3, -0.25) is 0 Å². The van der Waals surface area contributed by atoms with Crippen LogP contribution in [0.1, 0.15) is 24.5 Å². The van der Waals surface area contributed by atoms with Gasteiger partial charge in [-0.05, 0) is 49.6 Å². The highest BCUT2D eigenvalue weighted by Gasteiger charge is 2.10. The van der Waals surface area contributed by atoms with Crippen LogP contribution in [-0.2, 0) is 16.4 Å². The first-order chi connectivity index (χ1) is 13.4. The van der Waals surface area contributed by atoms with Crippen LogP contribution in [0.4, 0.5) is 5.69 Å². The maximum atomic E-state index is 11.7. The second-order valence-corrected chi connectivity index (χ2v) is 8.62. The van der Waals surface area contributed by atoms with Gasteiger partial charge in [0.05, 0.1) is 11.4 Å².